The van der Waals surface area contributed by atoms with Crippen LogP contribution in [-0.2, 0) is 0 Å². The highest BCUT2D eigenvalue weighted by atomic mass is 35.5. The molecule has 90 valence electrons. The summed E-state index contributed by atoms with van der Waals surface area (Å²) in [4.78, 5) is 0. The molecule has 0 unspecified atom stereocenters. The molecule has 0 atom stereocenters. The second kappa shape index (κ2) is 4.89. The smallest absolute Gasteiger partial charge is 0.114 e. The first-order chi connectivity index (χ1) is 8.00. The van der Waals surface area contributed by atoms with Gasteiger partial charge in [-0.1, -0.05) is 40.9 Å². The van der Waals surface area contributed by atoms with E-state index in [9.17, 15) is 0 Å². The van der Waals surface area contributed by atoms with Crippen LogP contribution in [0, 0.1) is 0 Å². The molecular weight excluding hydrogens is 279 g/mol. The van der Waals surface area contributed by atoms with E-state index in [1.165, 1.54) is 0 Å². The first kappa shape index (κ1) is 12.7. The molecular formula is C12H11Cl3N2. The van der Waals surface area contributed by atoms with Crippen molar-refractivity contribution in [3.63, 3.8) is 0 Å². The number of hydrogen-bond acceptors (Lipinski definition) is 1. The fourth-order valence-corrected chi connectivity index (χ4v) is 2.34. The summed E-state index contributed by atoms with van der Waals surface area (Å²) in [6.45, 7) is 4.06. The summed E-state index contributed by atoms with van der Waals surface area (Å²) < 4.78 is 1.79. The molecule has 0 spiro atoms. The summed E-state index contributed by atoms with van der Waals surface area (Å²) in [5.74, 6) is 0. The van der Waals surface area contributed by atoms with Crippen LogP contribution in [-0.4, -0.2) is 9.78 Å². The van der Waals surface area contributed by atoms with E-state index in [0.29, 0.717) is 26.3 Å². The van der Waals surface area contributed by atoms with Crippen LogP contribution in [0.25, 0.3) is 11.3 Å². The number of rotatable bonds is 2. The average Bonchev–Trinajstić information content (AvgIpc) is 2.61. The fourth-order valence-electron chi connectivity index (χ4n) is 1.53. The Kier molecular flexibility index (Phi) is 3.67. The maximum atomic E-state index is 6.17. The van der Waals surface area contributed by atoms with E-state index in [-0.39, 0.29) is 6.04 Å². The third kappa shape index (κ3) is 2.44. The lowest BCUT2D eigenvalue weighted by atomic mass is 10.1. The summed E-state index contributed by atoms with van der Waals surface area (Å²) in [6, 6.07) is 5.57. The summed E-state index contributed by atoms with van der Waals surface area (Å²) >= 11 is 18.4. The molecule has 0 radical (unpaired) electrons. The molecule has 1 aromatic carbocycles. The fraction of sp³-hybridized carbons (Fsp3) is 0.250. The summed E-state index contributed by atoms with van der Waals surface area (Å²) in [5, 5.41) is 6.07. The van der Waals surface area contributed by atoms with Crippen LogP contribution in [0.15, 0.2) is 24.4 Å². The van der Waals surface area contributed by atoms with Gasteiger partial charge in [0, 0.05) is 17.8 Å². The Morgan fingerprint density at radius 2 is 1.65 bits per heavy atom. The number of benzene rings is 1. The quantitative estimate of drug-likeness (QED) is 0.753. The Morgan fingerprint density at radius 1 is 1.06 bits per heavy atom. The molecule has 0 aliphatic carbocycles. The maximum absolute atomic E-state index is 6.17. The molecule has 2 aromatic rings. The minimum atomic E-state index is 0.238. The van der Waals surface area contributed by atoms with Gasteiger partial charge in [-0.05, 0) is 26.0 Å². The van der Waals surface area contributed by atoms with Gasteiger partial charge in [0.1, 0.15) is 5.69 Å². The third-order valence-corrected chi connectivity index (χ3v) is 3.32. The van der Waals surface area contributed by atoms with Crippen molar-refractivity contribution in [3.05, 3.63) is 39.5 Å². The zero-order valence-electron chi connectivity index (χ0n) is 9.42. The van der Waals surface area contributed by atoms with Gasteiger partial charge in [-0.2, -0.15) is 5.10 Å². The molecule has 0 fully saturated rings. The van der Waals surface area contributed by atoms with Gasteiger partial charge in [-0.25, -0.2) is 0 Å². The molecule has 0 amide bonds. The first-order valence-electron chi connectivity index (χ1n) is 5.19. The van der Waals surface area contributed by atoms with E-state index >= 15 is 0 Å². The van der Waals surface area contributed by atoms with Gasteiger partial charge in [0.05, 0.1) is 15.1 Å². The molecule has 2 rings (SSSR count). The Labute approximate surface area is 115 Å². The third-order valence-electron chi connectivity index (χ3n) is 2.42. The lowest BCUT2D eigenvalue weighted by Crippen LogP contribution is -2.00. The van der Waals surface area contributed by atoms with Crippen molar-refractivity contribution in [2.75, 3.05) is 0 Å². The molecule has 1 aromatic heterocycles. The molecule has 2 nitrogen and oxygen atoms in total. The van der Waals surface area contributed by atoms with Crippen molar-refractivity contribution in [1.29, 1.82) is 0 Å². The summed E-state index contributed by atoms with van der Waals surface area (Å²) in [5.41, 5.74) is 1.30. The van der Waals surface area contributed by atoms with Gasteiger partial charge in [0.25, 0.3) is 0 Å². The second-order valence-corrected chi connectivity index (χ2v) is 5.22. The number of nitrogens with zero attached hydrogens (tertiary/aromatic N) is 2. The number of aromatic nitrogens is 2. The normalized spacial score (nSPS) is 11.2. The van der Waals surface area contributed by atoms with E-state index in [2.05, 4.69) is 5.10 Å². The first-order valence-corrected chi connectivity index (χ1v) is 6.33. The molecule has 0 saturated carbocycles. The van der Waals surface area contributed by atoms with Crippen LogP contribution >= 0.6 is 34.8 Å². The molecule has 17 heavy (non-hydrogen) atoms. The molecule has 0 aliphatic rings. The monoisotopic (exact) mass is 288 g/mol. The minimum absolute atomic E-state index is 0.238. The Morgan fingerprint density at radius 3 is 2.12 bits per heavy atom. The van der Waals surface area contributed by atoms with Crippen molar-refractivity contribution in [2.45, 2.75) is 19.9 Å². The van der Waals surface area contributed by atoms with Gasteiger partial charge in [-0.3, -0.25) is 4.68 Å². The lowest BCUT2D eigenvalue weighted by molar-refractivity contribution is 0.534. The molecule has 1 heterocycles. The molecule has 5 heteroatoms. The van der Waals surface area contributed by atoms with Crippen LogP contribution < -0.4 is 0 Å². The largest absolute Gasteiger partial charge is 0.268 e. The Bertz CT molecular complexity index is 526. The number of hydrogen-bond donors (Lipinski definition) is 0. The zero-order chi connectivity index (χ0) is 12.6. The van der Waals surface area contributed by atoms with Gasteiger partial charge in [0.15, 0.2) is 0 Å². The standard InChI is InChI=1S/C12H11Cl3N2/c1-7(2)17-6-10(15)12(16-17)11-8(13)4-3-5-9(11)14/h3-7H,1-2H3. The van der Waals surface area contributed by atoms with Crippen molar-refractivity contribution < 1.29 is 0 Å². The SMILES string of the molecule is CC(C)n1cc(Cl)c(-c2c(Cl)cccc2Cl)n1. The van der Waals surface area contributed by atoms with Gasteiger partial charge in [-0.15, -0.1) is 0 Å². The highest BCUT2D eigenvalue weighted by Crippen LogP contribution is 2.37. The van der Waals surface area contributed by atoms with E-state index in [4.69, 9.17) is 34.8 Å². The van der Waals surface area contributed by atoms with E-state index < -0.39 is 0 Å². The van der Waals surface area contributed by atoms with Gasteiger partial charge in [0.2, 0.25) is 0 Å². The Hall–Kier alpha value is -0.700. The predicted molar refractivity (Wildman–Crippen MR) is 73.1 cm³/mol. The van der Waals surface area contributed by atoms with E-state index in [1.54, 1.807) is 29.1 Å². The maximum Gasteiger partial charge on any atom is 0.114 e. The summed E-state index contributed by atoms with van der Waals surface area (Å²) in [6.07, 6.45) is 1.78. The Balaban J connectivity index is 2.61. The van der Waals surface area contributed by atoms with Crippen molar-refractivity contribution in [3.8, 4) is 11.3 Å². The van der Waals surface area contributed by atoms with E-state index in [1.807, 2.05) is 13.8 Å². The van der Waals surface area contributed by atoms with Gasteiger partial charge >= 0.3 is 0 Å². The molecule has 0 saturated heterocycles. The highest BCUT2D eigenvalue weighted by molar-refractivity contribution is 6.40. The highest BCUT2D eigenvalue weighted by Gasteiger charge is 2.16. The predicted octanol–water partition coefficient (Wildman–Crippen LogP) is 5.09. The van der Waals surface area contributed by atoms with Crippen molar-refractivity contribution >= 4 is 34.8 Å². The van der Waals surface area contributed by atoms with Crippen LogP contribution in [0.4, 0.5) is 0 Å². The average molecular weight is 290 g/mol. The van der Waals surface area contributed by atoms with Crippen LogP contribution in [0.1, 0.15) is 19.9 Å². The van der Waals surface area contributed by atoms with Crippen LogP contribution in [0.5, 0.6) is 0 Å². The lowest BCUT2D eigenvalue weighted by Gasteiger charge is -2.05. The minimum Gasteiger partial charge on any atom is -0.268 e. The molecule has 0 aliphatic heterocycles. The van der Waals surface area contributed by atoms with Crippen LogP contribution in [0.3, 0.4) is 0 Å². The molecule has 0 N–H and O–H groups in total. The van der Waals surface area contributed by atoms with Crippen molar-refractivity contribution in [2.24, 2.45) is 0 Å². The van der Waals surface area contributed by atoms with Crippen molar-refractivity contribution in [1.82, 2.24) is 9.78 Å². The molecule has 0 bridgehead atoms. The van der Waals surface area contributed by atoms with Gasteiger partial charge < -0.3 is 0 Å². The topological polar surface area (TPSA) is 17.8 Å². The van der Waals surface area contributed by atoms with E-state index in [0.717, 1.165) is 0 Å². The zero-order valence-corrected chi connectivity index (χ0v) is 11.7. The summed E-state index contributed by atoms with van der Waals surface area (Å²) in [7, 11) is 0. The second-order valence-electron chi connectivity index (χ2n) is 4.00. The van der Waals surface area contributed by atoms with Crippen LogP contribution in [0.2, 0.25) is 15.1 Å². The number of halogens is 3.